The van der Waals surface area contributed by atoms with Crippen LogP contribution in [0.1, 0.15) is 48.0 Å². The van der Waals surface area contributed by atoms with E-state index in [1.165, 1.54) is 32.1 Å². The molecule has 0 heterocycles. The first-order valence-electron chi connectivity index (χ1n) is 8.89. The molecule has 0 amide bonds. The number of carbonyl (C=O) groups is 1. The zero-order valence-electron chi connectivity index (χ0n) is 14.3. The maximum Gasteiger partial charge on any atom is 0.339 e. The molecular weight excluding hydrogens is 316 g/mol. The molecule has 1 saturated carbocycles. The highest BCUT2D eigenvalue weighted by molar-refractivity contribution is 5.90. The van der Waals surface area contributed by atoms with E-state index in [4.69, 9.17) is 14.6 Å². The van der Waals surface area contributed by atoms with Gasteiger partial charge in [0.2, 0.25) is 0 Å². The predicted octanol–water partition coefficient (Wildman–Crippen LogP) is 4.92. The molecule has 0 aliphatic heterocycles. The highest BCUT2D eigenvalue weighted by Crippen LogP contribution is 2.25. The number of benzene rings is 2. The van der Waals surface area contributed by atoms with Crippen LogP contribution in [-0.4, -0.2) is 17.7 Å². The van der Waals surface area contributed by atoms with Crippen LogP contribution in [0.3, 0.4) is 0 Å². The van der Waals surface area contributed by atoms with Crippen molar-refractivity contribution >= 4 is 5.97 Å². The lowest BCUT2D eigenvalue weighted by atomic mass is 9.90. The third kappa shape index (κ3) is 4.99. The zero-order chi connectivity index (χ0) is 17.5. The summed E-state index contributed by atoms with van der Waals surface area (Å²) in [6.45, 7) is 1.12. The highest BCUT2D eigenvalue weighted by Gasteiger charge is 2.14. The van der Waals surface area contributed by atoms with Crippen LogP contribution in [0.5, 0.6) is 11.5 Å². The summed E-state index contributed by atoms with van der Waals surface area (Å²) >= 11 is 0. The van der Waals surface area contributed by atoms with Gasteiger partial charge in [-0.2, -0.15) is 0 Å². The number of aromatic carboxylic acids is 1. The van der Waals surface area contributed by atoms with E-state index in [-0.39, 0.29) is 5.56 Å². The second-order valence-electron chi connectivity index (χ2n) is 6.55. The topological polar surface area (TPSA) is 55.8 Å². The zero-order valence-corrected chi connectivity index (χ0v) is 14.3. The summed E-state index contributed by atoms with van der Waals surface area (Å²) in [6, 6.07) is 14.5. The van der Waals surface area contributed by atoms with Gasteiger partial charge in [-0.25, -0.2) is 4.79 Å². The number of hydrogen-bond acceptors (Lipinski definition) is 3. The Morgan fingerprint density at radius 1 is 0.960 bits per heavy atom. The summed E-state index contributed by atoms with van der Waals surface area (Å²) in [4.78, 5) is 11.2. The van der Waals surface area contributed by atoms with Gasteiger partial charge in [-0.05, 0) is 48.6 Å². The Bertz CT molecular complexity index is 687. The van der Waals surface area contributed by atoms with E-state index in [9.17, 15) is 4.79 Å². The van der Waals surface area contributed by atoms with Crippen LogP contribution < -0.4 is 9.47 Å². The van der Waals surface area contributed by atoms with Crippen LogP contribution in [0, 0.1) is 5.92 Å². The number of para-hydroxylation sites is 1. The number of carboxylic acids is 1. The van der Waals surface area contributed by atoms with Crippen molar-refractivity contribution < 1.29 is 19.4 Å². The molecule has 2 aromatic carbocycles. The van der Waals surface area contributed by atoms with Crippen molar-refractivity contribution in [3.8, 4) is 11.5 Å². The average molecular weight is 340 g/mol. The van der Waals surface area contributed by atoms with E-state index in [1.807, 2.05) is 24.3 Å². The molecule has 4 nitrogen and oxygen atoms in total. The van der Waals surface area contributed by atoms with Gasteiger partial charge < -0.3 is 14.6 Å². The molecule has 2 aromatic rings. The van der Waals surface area contributed by atoms with Gasteiger partial charge in [0.25, 0.3) is 0 Å². The van der Waals surface area contributed by atoms with Crippen LogP contribution in [0.15, 0.2) is 48.5 Å². The van der Waals surface area contributed by atoms with Gasteiger partial charge in [0.05, 0.1) is 6.61 Å². The molecule has 1 aliphatic rings. The molecule has 0 atom stereocenters. The summed E-state index contributed by atoms with van der Waals surface area (Å²) in [5.74, 6) is 0.958. The molecule has 0 saturated heterocycles. The lowest BCUT2D eigenvalue weighted by molar-refractivity contribution is 0.0691. The van der Waals surface area contributed by atoms with Crippen molar-refractivity contribution in [1.29, 1.82) is 0 Å². The van der Waals surface area contributed by atoms with Crippen molar-refractivity contribution in [1.82, 2.24) is 0 Å². The molecule has 0 aromatic heterocycles. The third-order valence-electron chi connectivity index (χ3n) is 4.65. The lowest BCUT2D eigenvalue weighted by Gasteiger charge is -2.21. The monoisotopic (exact) mass is 340 g/mol. The number of hydrogen-bond donors (Lipinski definition) is 1. The van der Waals surface area contributed by atoms with E-state index in [0.717, 1.165) is 17.9 Å². The number of carboxylic acid groups (broad SMARTS) is 1. The second-order valence-corrected chi connectivity index (χ2v) is 6.55. The normalized spacial score (nSPS) is 14.9. The molecule has 0 radical (unpaired) electrons. The van der Waals surface area contributed by atoms with E-state index in [1.54, 1.807) is 24.3 Å². The molecule has 1 N–H and O–H groups in total. The molecule has 1 fully saturated rings. The highest BCUT2D eigenvalue weighted by atomic mass is 16.5. The van der Waals surface area contributed by atoms with E-state index in [0.29, 0.717) is 18.3 Å². The summed E-state index contributed by atoms with van der Waals surface area (Å²) in [5, 5.41) is 9.17. The molecular formula is C21H24O4. The fourth-order valence-corrected chi connectivity index (χ4v) is 3.18. The standard InChI is InChI=1S/C21H24O4/c22-21(23)19-8-4-5-9-20(19)25-15-17-10-12-18(13-11-17)24-14-16-6-2-1-3-7-16/h4-5,8-13,16H,1-3,6-7,14-15H2,(H,22,23). The van der Waals surface area contributed by atoms with Gasteiger partial charge in [-0.3, -0.25) is 0 Å². The van der Waals surface area contributed by atoms with Crippen LogP contribution in [-0.2, 0) is 6.61 Å². The van der Waals surface area contributed by atoms with Crippen molar-refractivity contribution in [2.24, 2.45) is 5.92 Å². The fraction of sp³-hybridized carbons (Fsp3) is 0.381. The Kier molecular flexibility index (Phi) is 5.94. The molecule has 132 valence electrons. The van der Waals surface area contributed by atoms with Gasteiger partial charge in [-0.15, -0.1) is 0 Å². The van der Waals surface area contributed by atoms with Gasteiger partial charge in [0.1, 0.15) is 23.7 Å². The largest absolute Gasteiger partial charge is 0.493 e. The first-order valence-corrected chi connectivity index (χ1v) is 8.89. The Labute approximate surface area is 148 Å². The SMILES string of the molecule is O=C(O)c1ccccc1OCc1ccc(OCC2CCCCC2)cc1. The first kappa shape index (κ1) is 17.3. The van der Waals surface area contributed by atoms with Crippen molar-refractivity contribution in [2.45, 2.75) is 38.7 Å². The Morgan fingerprint density at radius 3 is 2.40 bits per heavy atom. The quantitative estimate of drug-likeness (QED) is 0.777. The van der Waals surface area contributed by atoms with Crippen LogP contribution >= 0.6 is 0 Å². The average Bonchev–Trinajstić information content (AvgIpc) is 2.66. The minimum atomic E-state index is -0.984. The molecule has 4 heteroatoms. The molecule has 25 heavy (non-hydrogen) atoms. The van der Waals surface area contributed by atoms with Gasteiger partial charge in [0, 0.05) is 0 Å². The van der Waals surface area contributed by atoms with Crippen LogP contribution in [0.25, 0.3) is 0 Å². The summed E-state index contributed by atoms with van der Waals surface area (Å²) in [7, 11) is 0. The number of ether oxygens (including phenoxy) is 2. The Balaban J connectivity index is 1.51. The van der Waals surface area contributed by atoms with Crippen molar-refractivity contribution in [3.05, 3.63) is 59.7 Å². The molecule has 0 bridgehead atoms. The van der Waals surface area contributed by atoms with Gasteiger partial charge in [0.15, 0.2) is 0 Å². The molecule has 1 aliphatic carbocycles. The van der Waals surface area contributed by atoms with E-state index < -0.39 is 5.97 Å². The fourth-order valence-electron chi connectivity index (χ4n) is 3.18. The van der Waals surface area contributed by atoms with Gasteiger partial charge in [-0.1, -0.05) is 43.5 Å². The third-order valence-corrected chi connectivity index (χ3v) is 4.65. The minimum Gasteiger partial charge on any atom is -0.493 e. The Hall–Kier alpha value is -2.49. The summed E-state index contributed by atoms with van der Waals surface area (Å²) < 4.78 is 11.6. The van der Waals surface area contributed by atoms with Crippen LogP contribution in [0.2, 0.25) is 0 Å². The predicted molar refractivity (Wildman–Crippen MR) is 96.2 cm³/mol. The summed E-state index contributed by atoms with van der Waals surface area (Å²) in [5.41, 5.74) is 1.15. The first-order chi connectivity index (χ1) is 12.2. The molecule has 0 unspecified atom stereocenters. The van der Waals surface area contributed by atoms with Gasteiger partial charge >= 0.3 is 5.97 Å². The van der Waals surface area contributed by atoms with Crippen molar-refractivity contribution in [2.75, 3.05) is 6.61 Å². The minimum absolute atomic E-state index is 0.176. The van der Waals surface area contributed by atoms with Crippen molar-refractivity contribution in [3.63, 3.8) is 0 Å². The number of rotatable bonds is 7. The van der Waals surface area contributed by atoms with E-state index >= 15 is 0 Å². The maximum atomic E-state index is 11.2. The molecule has 0 spiro atoms. The lowest BCUT2D eigenvalue weighted by Crippen LogP contribution is -2.15. The molecule has 3 rings (SSSR count). The van der Waals surface area contributed by atoms with Crippen LogP contribution in [0.4, 0.5) is 0 Å². The second kappa shape index (κ2) is 8.56. The summed E-state index contributed by atoms with van der Waals surface area (Å²) in [6.07, 6.45) is 6.55. The Morgan fingerprint density at radius 2 is 1.68 bits per heavy atom. The van der Waals surface area contributed by atoms with E-state index in [2.05, 4.69) is 0 Å². The maximum absolute atomic E-state index is 11.2. The smallest absolute Gasteiger partial charge is 0.339 e.